The number of rotatable bonds is 5. The van der Waals surface area contributed by atoms with Gasteiger partial charge in [-0.25, -0.2) is 4.39 Å². The van der Waals surface area contributed by atoms with Crippen LogP contribution in [-0.4, -0.2) is 29.1 Å². The molecule has 0 aliphatic rings. The highest BCUT2D eigenvalue weighted by Crippen LogP contribution is 2.13. The number of aliphatic carboxylic acids is 1. The molecule has 0 radical (unpaired) electrons. The Morgan fingerprint density at radius 2 is 2.22 bits per heavy atom. The molecule has 4 nitrogen and oxygen atoms in total. The van der Waals surface area contributed by atoms with Crippen molar-refractivity contribution in [1.82, 2.24) is 4.90 Å². The Labute approximate surface area is 105 Å². The van der Waals surface area contributed by atoms with Crippen molar-refractivity contribution in [3.63, 3.8) is 0 Å². The van der Waals surface area contributed by atoms with E-state index in [-0.39, 0.29) is 12.1 Å². The van der Waals surface area contributed by atoms with E-state index in [2.05, 4.69) is 0 Å². The quantitative estimate of drug-likeness (QED) is 0.868. The third-order valence-corrected chi connectivity index (χ3v) is 2.72. The monoisotopic (exact) mass is 250 g/mol. The van der Waals surface area contributed by atoms with E-state index in [9.17, 15) is 9.18 Å². The number of carboxylic acids is 1. The van der Waals surface area contributed by atoms with E-state index in [1.54, 1.807) is 24.9 Å². The van der Waals surface area contributed by atoms with Gasteiger partial charge in [-0.05, 0) is 37.2 Å². The number of benzene rings is 1. The lowest BCUT2D eigenvalue weighted by atomic mass is 10.1. The van der Waals surface area contributed by atoms with E-state index in [1.165, 1.54) is 6.07 Å². The normalized spacial score (nSPS) is 12.2. The number of carboxylic acid groups (broad SMARTS) is 1. The summed E-state index contributed by atoms with van der Waals surface area (Å²) in [5, 5.41) is 17.7. The number of carbonyl (C=O) groups is 1. The van der Waals surface area contributed by atoms with Gasteiger partial charge in [0.25, 0.3) is 0 Å². The maximum Gasteiger partial charge on any atom is 0.320 e. The second kappa shape index (κ2) is 6.12. The van der Waals surface area contributed by atoms with Crippen molar-refractivity contribution in [2.24, 2.45) is 0 Å². The Kier molecular flexibility index (Phi) is 4.81. The van der Waals surface area contributed by atoms with Crippen molar-refractivity contribution in [2.75, 3.05) is 7.05 Å². The molecule has 1 rings (SSSR count). The van der Waals surface area contributed by atoms with Gasteiger partial charge >= 0.3 is 5.97 Å². The van der Waals surface area contributed by atoms with Crippen LogP contribution in [0.4, 0.5) is 4.39 Å². The molecule has 0 saturated carbocycles. The van der Waals surface area contributed by atoms with Gasteiger partial charge in [-0.1, -0.05) is 6.92 Å². The van der Waals surface area contributed by atoms with E-state index in [1.807, 2.05) is 6.07 Å². The Bertz CT molecular complexity index is 482. The second-order valence-corrected chi connectivity index (χ2v) is 4.14. The Balaban J connectivity index is 2.87. The molecule has 0 bridgehead atoms. The summed E-state index contributed by atoms with van der Waals surface area (Å²) in [7, 11) is 1.67. The average Bonchev–Trinajstić information content (AvgIpc) is 2.28. The highest BCUT2D eigenvalue weighted by Gasteiger charge is 2.20. The summed E-state index contributed by atoms with van der Waals surface area (Å²) >= 11 is 0. The Hall–Kier alpha value is -1.93. The van der Waals surface area contributed by atoms with Crippen LogP contribution in [0.2, 0.25) is 0 Å². The van der Waals surface area contributed by atoms with Gasteiger partial charge in [0.15, 0.2) is 0 Å². The molecule has 1 N–H and O–H groups in total. The first-order chi connectivity index (χ1) is 8.47. The maximum absolute atomic E-state index is 13.2. The molecule has 1 aromatic carbocycles. The van der Waals surface area contributed by atoms with E-state index in [0.717, 1.165) is 6.07 Å². The summed E-state index contributed by atoms with van der Waals surface area (Å²) in [6, 6.07) is 5.29. The summed E-state index contributed by atoms with van der Waals surface area (Å²) < 4.78 is 13.2. The largest absolute Gasteiger partial charge is 0.480 e. The first kappa shape index (κ1) is 14.1. The van der Waals surface area contributed by atoms with Gasteiger partial charge in [0.2, 0.25) is 0 Å². The fraction of sp³-hybridized carbons (Fsp3) is 0.385. The van der Waals surface area contributed by atoms with Crippen molar-refractivity contribution < 1.29 is 14.3 Å². The first-order valence-electron chi connectivity index (χ1n) is 5.60. The molecule has 0 amide bonds. The molecule has 0 heterocycles. The molecule has 18 heavy (non-hydrogen) atoms. The van der Waals surface area contributed by atoms with Gasteiger partial charge in [0, 0.05) is 6.54 Å². The molecule has 0 aromatic heterocycles. The van der Waals surface area contributed by atoms with Gasteiger partial charge in [-0.2, -0.15) is 5.26 Å². The van der Waals surface area contributed by atoms with Crippen molar-refractivity contribution in [3.8, 4) is 6.07 Å². The predicted molar refractivity (Wildman–Crippen MR) is 64.3 cm³/mol. The standard InChI is InChI=1S/C13H15FN2O2/c1-3-12(13(17)18)16(2)8-10-4-9(7-15)5-11(14)6-10/h4-6,12H,3,8H2,1-2H3,(H,17,18). The van der Waals surface area contributed by atoms with Crippen LogP contribution in [-0.2, 0) is 11.3 Å². The lowest BCUT2D eigenvalue weighted by Gasteiger charge is -2.23. The third kappa shape index (κ3) is 3.54. The molecular weight excluding hydrogens is 235 g/mol. The molecular formula is C13H15FN2O2. The van der Waals surface area contributed by atoms with Crippen LogP contribution < -0.4 is 0 Å². The molecule has 1 aromatic rings. The fourth-order valence-corrected chi connectivity index (χ4v) is 1.88. The highest BCUT2D eigenvalue weighted by atomic mass is 19.1. The fourth-order valence-electron chi connectivity index (χ4n) is 1.88. The molecule has 96 valence electrons. The van der Waals surface area contributed by atoms with Crippen molar-refractivity contribution in [2.45, 2.75) is 25.9 Å². The van der Waals surface area contributed by atoms with Gasteiger partial charge < -0.3 is 5.11 Å². The number of nitrogens with zero attached hydrogens (tertiary/aromatic N) is 2. The van der Waals surface area contributed by atoms with Crippen LogP contribution in [0, 0.1) is 17.1 Å². The number of likely N-dealkylation sites (N-methyl/N-ethyl adjacent to an activating group) is 1. The summed E-state index contributed by atoms with van der Waals surface area (Å²) in [6.07, 6.45) is 0.465. The third-order valence-electron chi connectivity index (χ3n) is 2.72. The smallest absolute Gasteiger partial charge is 0.320 e. The van der Waals surface area contributed by atoms with E-state index in [4.69, 9.17) is 10.4 Å². The minimum atomic E-state index is -0.906. The summed E-state index contributed by atoms with van der Waals surface area (Å²) in [6.45, 7) is 2.07. The average molecular weight is 250 g/mol. The number of hydrogen-bond donors (Lipinski definition) is 1. The van der Waals surface area contributed by atoms with Gasteiger partial charge in [0.05, 0.1) is 11.6 Å². The number of nitriles is 1. The molecule has 0 spiro atoms. The highest BCUT2D eigenvalue weighted by molar-refractivity contribution is 5.73. The SMILES string of the molecule is CCC(C(=O)O)N(C)Cc1cc(F)cc(C#N)c1. The van der Waals surface area contributed by atoms with Crippen molar-refractivity contribution in [3.05, 3.63) is 35.1 Å². The Morgan fingerprint density at radius 3 is 2.72 bits per heavy atom. The van der Waals surface area contributed by atoms with Crippen LogP contribution in [0.1, 0.15) is 24.5 Å². The number of hydrogen-bond acceptors (Lipinski definition) is 3. The van der Waals surface area contributed by atoms with Crippen LogP contribution in [0.3, 0.4) is 0 Å². The summed E-state index contributed by atoms with van der Waals surface area (Å²) in [5.74, 6) is -1.39. The van der Waals surface area contributed by atoms with E-state index in [0.29, 0.717) is 12.0 Å². The summed E-state index contributed by atoms with van der Waals surface area (Å²) in [5.41, 5.74) is 0.829. The molecule has 0 fully saturated rings. The van der Waals surface area contributed by atoms with Gasteiger partial charge in [-0.3, -0.25) is 9.69 Å². The second-order valence-electron chi connectivity index (χ2n) is 4.14. The molecule has 0 aliphatic heterocycles. The number of halogens is 1. The van der Waals surface area contributed by atoms with Crippen LogP contribution in [0.15, 0.2) is 18.2 Å². The minimum Gasteiger partial charge on any atom is -0.480 e. The van der Waals surface area contributed by atoms with Crippen LogP contribution in [0.25, 0.3) is 0 Å². The molecule has 0 aliphatic carbocycles. The topological polar surface area (TPSA) is 64.3 Å². The molecule has 0 saturated heterocycles. The molecule has 1 atom stereocenters. The van der Waals surface area contributed by atoms with Crippen molar-refractivity contribution >= 4 is 5.97 Å². The van der Waals surface area contributed by atoms with Gasteiger partial charge in [0.1, 0.15) is 11.9 Å². The first-order valence-corrected chi connectivity index (χ1v) is 5.60. The zero-order chi connectivity index (χ0) is 13.7. The lowest BCUT2D eigenvalue weighted by Crippen LogP contribution is -2.37. The molecule has 1 unspecified atom stereocenters. The van der Waals surface area contributed by atoms with Gasteiger partial charge in [-0.15, -0.1) is 0 Å². The minimum absolute atomic E-state index is 0.238. The lowest BCUT2D eigenvalue weighted by molar-refractivity contribution is -0.143. The van der Waals surface area contributed by atoms with E-state index < -0.39 is 17.8 Å². The van der Waals surface area contributed by atoms with Crippen LogP contribution in [0.5, 0.6) is 0 Å². The molecule has 5 heteroatoms. The zero-order valence-electron chi connectivity index (χ0n) is 10.4. The van der Waals surface area contributed by atoms with Crippen LogP contribution >= 0.6 is 0 Å². The van der Waals surface area contributed by atoms with E-state index >= 15 is 0 Å². The van der Waals surface area contributed by atoms with Crippen molar-refractivity contribution in [1.29, 1.82) is 5.26 Å². The zero-order valence-corrected chi connectivity index (χ0v) is 10.4. The predicted octanol–water partition coefficient (Wildman–Crippen LogP) is 1.99. The Morgan fingerprint density at radius 1 is 1.56 bits per heavy atom. The summed E-state index contributed by atoms with van der Waals surface area (Å²) in [4.78, 5) is 12.6. The maximum atomic E-state index is 13.2.